The fraction of sp³-hybridized carbons (Fsp3) is 0.500. The van der Waals surface area contributed by atoms with E-state index in [-0.39, 0.29) is 6.54 Å². The molecule has 1 rings (SSSR count). The van der Waals surface area contributed by atoms with Crippen molar-refractivity contribution in [2.45, 2.75) is 12.7 Å². The van der Waals surface area contributed by atoms with E-state index in [1.54, 1.807) is 0 Å². The molecular weight excluding hydrogens is 229 g/mol. The third-order valence-corrected chi connectivity index (χ3v) is 1.65. The molecule has 0 aliphatic carbocycles. The van der Waals surface area contributed by atoms with Gasteiger partial charge in [0, 0.05) is 12.1 Å². The van der Waals surface area contributed by atoms with Crippen LogP contribution in [0.1, 0.15) is 5.56 Å². The number of carboxylic acid groups (broad SMARTS) is 1. The lowest BCUT2D eigenvalue weighted by Gasteiger charge is -2.20. The van der Waals surface area contributed by atoms with Crippen molar-refractivity contribution < 1.29 is 27.6 Å². The van der Waals surface area contributed by atoms with Crippen molar-refractivity contribution in [1.82, 2.24) is 10.1 Å². The van der Waals surface area contributed by atoms with E-state index in [0.29, 0.717) is 5.56 Å². The first-order chi connectivity index (χ1) is 7.37. The molecule has 1 heterocycles. The van der Waals surface area contributed by atoms with Gasteiger partial charge in [0.05, 0.1) is 19.3 Å². The number of aromatic nitrogens is 1. The zero-order chi connectivity index (χ0) is 12.2. The van der Waals surface area contributed by atoms with Crippen molar-refractivity contribution in [2.24, 2.45) is 0 Å². The van der Waals surface area contributed by atoms with Gasteiger partial charge in [0.15, 0.2) is 0 Å². The summed E-state index contributed by atoms with van der Waals surface area (Å²) in [7, 11) is 0. The molecule has 5 nitrogen and oxygen atoms in total. The average Bonchev–Trinajstić information content (AvgIpc) is 2.51. The van der Waals surface area contributed by atoms with Crippen LogP contribution in [-0.2, 0) is 11.3 Å². The molecule has 0 fully saturated rings. The lowest BCUT2D eigenvalue weighted by atomic mass is 10.3. The summed E-state index contributed by atoms with van der Waals surface area (Å²) in [6, 6.07) is 0. The molecule has 0 unspecified atom stereocenters. The number of carbonyl (C=O) groups is 1. The Labute approximate surface area is 88.4 Å². The van der Waals surface area contributed by atoms with Crippen molar-refractivity contribution in [1.29, 1.82) is 0 Å². The molecule has 0 saturated carbocycles. The minimum atomic E-state index is -4.44. The van der Waals surface area contributed by atoms with Crippen molar-refractivity contribution in [3.63, 3.8) is 0 Å². The summed E-state index contributed by atoms with van der Waals surface area (Å²) in [5.74, 6) is -1.32. The van der Waals surface area contributed by atoms with Gasteiger partial charge in [-0.3, -0.25) is 9.69 Å². The Morgan fingerprint density at radius 1 is 1.56 bits per heavy atom. The van der Waals surface area contributed by atoms with Crippen molar-refractivity contribution in [3.05, 3.63) is 18.0 Å². The second-order valence-corrected chi connectivity index (χ2v) is 3.19. The molecule has 0 radical (unpaired) electrons. The van der Waals surface area contributed by atoms with Crippen LogP contribution in [0, 0.1) is 0 Å². The number of halogens is 3. The molecule has 0 bridgehead atoms. The summed E-state index contributed by atoms with van der Waals surface area (Å²) in [6.07, 6.45) is -2.02. The number of nitrogens with zero attached hydrogens (tertiary/aromatic N) is 2. The molecule has 0 spiro atoms. The monoisotopic (exact) mass is 238 g/mol. The lowest BCUT2D eigenvalue weighted by molar-refractivity contribution is -0.154. The average molecular weight is 238 g/mol. The smallest absolute Gasteiger partial charge is 0.401 e. The van der Waals surface area contributed by atoms with Gasteiger partial charge in [-0.05, 0) is 0 Å². The van der Waals surface area contributed by atoms with Crippen LogP contribution >= 0.6 is 0 Å². The van der Waals surface area contributed by atoms with Gasteiger partial charge < -0.3 is 9.63 Å². The van der Waals surface area contributed by atoms with Crippen molar-refractivity contribution >= 4 is 5.97 Å². The number of aliphatic carboxylic acids is 1. The lowest BCUT2D eigenvalue weighted by Crippen LogP contribution is -2.37. The standard InChI is InChI=1S/C8H9F3N2O3/c9-8(10,11)5-13(3-7(14)15)2-6-1-12-16-4-6/h1,4H,2-3,5H2,(H,14,15). The Bertz CT molecular complexity index is 337. The first-order valence-electron chi connectivity index (χ1n) is 4.26. The summed E-state index contributed by atoms with van der Waals surface area (Å²) >= 11 is 0. The second kappa shape index (κ2) is 4.97. The molecule has 0 saturated heterocycles. The van der Waals surface area contributed by atoms with Crippen LogP contribution in [0.15, 0.2) is 17.0 Å². The highest BCUT2D eigenvalue weighted by atomic mass is 19.4. The Morgan fingerprint density at radius 2 is 2.25 bits per heavy atom. The van der Waals surface area contributed by atoms with Crippen molar-refractivity contribution in [3.8, 4) is 0 Å². The fourth-order valence-electron chi connectivity index (χ4n) is 1.18. The molecule has 0 amide bonds. The number of alkyl halides is 3. The Hall–Kier alpha value is -1.57. The van der Waals surface area contributed by atoms with Gasteiger partial charge in [-0.1, -0.05) is 5.16 Å². The highest BCUT2D eigenvalue weighted by molar-refractivity contribution is 5.69. The van der Waals surface area contributed by atoms with E-state index >= 15 is 0 Å². The predicted molar refractivity (Wildman–Crippen MR) is 45.5 cm³/mol. The largest absolute Gasteiger partial charge is 0.480 e. The van der Waals surface area contributed by atoms with Crippen LogP contribution in [0.3, 0.4) is 0 Å². The summed E-state index contributed by atoms with van der Waals surface area (Å²) in [5, 5.41) is 11.8. The van der Waals surface area contributed by atoms with E-state index < -0.39 is 25.2 Å². The quantitative estimate of drug-likeness (QED) is 0.832. The second-order valence-electron chi connectivity index (χ2n) is 3.19. The van der Waals surface area contributed by atoms with E-state index in [4.69, 9.17) is 5.11 Å². The third-order valence-electron chi connectivity index (χ3n) is 1.65. The summed E-state index contributed by atoms with van der Waals surface area (Å²) in [5.41, 5.74) is 0.394. The number of rotatable bonds is 5. The Morgan fingerprint density at radius 3 is 2.69 bits per heavy atom. The SMILES string of the molecule is O=C(O)CN(Cc1cnoc1)CC(F)(F)F. The van der Waals surface area contributed by atoms with Gasteiger partial charge >= 0.3 is 12.1 Å². The Balaban J connectivity index is 2.60. The van der Waals surface area contributed by atoms with Gasteiger partial charge in [0.1, 0.15) is 6.26 Å². The van der Waals surface area contributed by atoms with Crippen LogP contribution in [0.5, 0.6) is 0 Å². The molecule has 8 heteroatoms. The van der Waals surface area contributed by atoms with Crippen LogP contribution < -0.4 is 0 Å². The highest BCUT2D eigenvalue weighted by Crippen LogP contribution is 2.17. The molecule has 1 aromatic rings. The molecule has 1 N–H and O–H groups in total. The van der Waals surface area contributed by atoms with Crippen LogP contribution in [0.2, 0.25) is 0 Å². The molecule has 16 heavy (non-hydrogen) atoms. The minimum absolute atomic E-state index is 0.171. The van der Waals surface area contributed by atoms with E-state index in [1.807, 2.05) is 0 Å². The fourth-order valence-corrected chi connectivity index (χ4v) is 1.18. The molecule has 0 atom stereocenters. The van der Waals surface area contributed by atoms with Gasteiger partial charge in [0.25, 0.3) is 0 Å². The zero-order valence-corrected chi connectivity index (χ0v) is 8.07. The molecule has 0 aromatic carbocycles. The van der Waals surface area contributed by atoms with E-state index in [9.17, 15) is 18.0 Å². The van der Waals surface area contributed by atoms with E-state index in [0.717, 1.165) is 4.90 Å². The third kappa shape index (κ3) is 4.78. The maximum Gasteiger partial charge on any atom is 0.401 e. The number of hydrogen-bond acceptors (Lipinski definition) is 4. The minimum Gasteiger partial charge on any atom is -0.480 e. The molecule has 0 aliphatic rings. The molecule has 1 aromatic heterocycles. The Kier molecular flexibility index (Phi) is 3.88. The van der Waals surface area contributed by atoms with Crippen LogP contribution in [-0.4, -0.2) is 40.4 Å². The number of hydrogen-bond donors (Lipinski definition) is 1. The predicted octanol–water partition coefficient (Wildman–Crippen LogP) is 1.12. The first kappa shape index (κ1) is 12.5. The van der Waals surface area contributed by atoms with Crippen molar-refractivity contribution in [2.75, 3.05) is 13.1 Å². The van der Waals surface area contributed by atoms with E-state index in [1.165, 1.54) is 12.5 Å². The van der Waals surface area contributed by atoms with Gasteiger partial charge in [-0.2, -0.15) is 13.2 Å². The van der Waals surface area contributed by atoms with Gasteiger partial charge in [0.2, 0.25) is 0 Å². The molecule has 90 valence electrons. The first-order valence-corrected chi connectivity index (χ1v) is 4.26. The molecule has 0 aliphatic heterocycles. The summed E-state index contributed by atoms with van der Waals surface area (Å²) in [4.78, 5) is 11.1. The summed E-state index contributed by atoms with van der Waals surface area (Å²) in [6.45, 7) is -2.15. The maximum absolute atomic E-state index is 12.1. The summed E-state index contributed by atoms with van der Waals surface area (Å²) < 4.78 is 40.8. The van der Waals surface area contributed by atoms with E-state index in [2.05, 4.69) is 9.68 Å². The van der Waals surface area contributed by atoms with Gasteiger partial charge in [-0.15, -0.1) is 0 Å². The van der Waals surface area contributed by atoms with Crippen LogP contribution in [0.4, 0.5) is 13.2 Å². The van der Waals surface area contributed by atoms with Crippen LogP contribution in [0.25, 0.3) is 0 Å². The normalized spacial score (nSPS) is 12.0. The highest BCUT2D eigenvalue weighted by Gasteiger charge is 2.31. The maximum atomic E-state index is 12.1. The molecular formula is C8H9F3N2O3. The number of carboxylic acids is 1. The zero-order valence-electron chi connectivity index (χ0n) is 8.07. The topological polar surface area (TPSA) is 66.6 Å². The van der Waals surface area contributed by atoms with Gasteiger partial charge in [-0.25, -0.2) is 0 Å².